The smallest absolute Gasteiger partial charge is 0.150 e. The minimum Gasteiger partial charge on any atom is -0.313 e. The molecule has 2 rings (SSSR count). The topological polar surface area (TPSA) is 46.2 Å². The normalized spacial score (nSPS) is 13.4. The van der Waals surface area contributed by atoms with Gasteiger partial charge in [-0.2, -0.15) is 0 Å². The Hall–Kier alpha value is -1.39. The van der Waals surface area contributed by atoms with Gasteiger partial charge in [0, 0.05) is 11.8 Å². The fourth-order valence-electron chi connectivity index (χ4n) is 2.66. The van der Waals surface area contributed by atoms with Crippen LogP contribution in [0.25, 0.3) is 10.8 Å². The van der Waals surface area contributed by atoms with Gasteiger partial charge < -0.3 is 5.32 Å². The third-order valence-corrected chi connectivity index (χ3v) is 5.73. The molecule has 1 N–H and O–H groups in total. The number of sulfone groups is 1. The van der Waals surface area contributed by atoms with Gasteiger partial charge in [0.1, 0.15) is 9.84 Å². The van der Waals surface area contributed by atoms with Crippen molar-refractivity contribution in [2.45, 2.75) is 25.8 Å². The summed E-state index contributed by atoms with van der Waals surface area (Å²) in [6.45, 7) is 1.70. The summed E-state index contributed by atoms with van der Waals surface area (Å²) in [5.41, 5.74) is 1.24. The van der Waals surface area contributed by atoms with Gasteiger partial charge in [0.15, 0.2) is 0 Å². The molecule has 0 fully saturated rings. The summed E-state index contributed by atoms with van der Waals surface area (Å²) >= 11 is 0. The summed E-state index contributed by atoms with van der Waals surface area (Å²) in [6, 6.07) is 14.8. The summed E-state index contributed by atoms with van der Waals surface area (Å²) in [5.74, 6) is 0.498. The van der Waals surface area contributed by atoms with Crippen LogP contribution in [-0.2, 0) is 9.84 Å². The Labute approximate surface area is 127 Å². The lowest BCUT2D eigenvalue weighted by molar-refractivity contribution is 0.538. The summed E-state index contributed by atoms with van der Waals surface area (Å²) in [4.78, 5) is 0. The van der Waals surface area contributed by atoms with Crippen LogP contribution >= 0.6 is 0 Å². The Balaban J connectivity index is 2.16. The van der Waals surface area contributed by atoms with Crippen molar-refractivity contribution in [2.24, 2.45) is 0 Å². The molecule has 1 unspecified atom stereocenters. The van der Waals surface area contributed by atoms with Crippen LogP contribution in [0.15, 0.2) is 42.5 Å². The fraction of sp³-hybridized carbons (Fsp3) is 0.412. The molecule has 0 aliphatic rings. The SMILES string of the molecule is CCS(=O)(=O)CCCC(NC)c1cccc2ccccc12. The maximum absolute atomic E-state index is 11.6. The predicted molar refractivity (Wildman–Crippen MR) is 89.3 cm³/mol. The van der Waals surface area contributed by atoms with Crippen LogP contribution in [-0.4, -0.2) is 27.0 Å². The van der Waals surface area contributed by atoms with E-state index in [-0.39, 0.29) is 17.5 Å². The van der Waals surface area contributed by atoms with Crippen molar-refractivity contribution in [3.63, 3.8) is 0 Å². The van der Waals surface area contributed by atoms with E-state index >= 15 is 0 Å². The molecular weight excluding hydrogens is 282 g/mol. The van der Waals surface area contributed by atoms with Crippen molar-refractivity contribution >= 4 is 20.6 Å². The first-order chi connectivity index (χ1) is 10.1. The Morgan fingerprint density at radius 2 is 1.81 bits per heavy atom. The monoisotopic (exact) mass is 305 g/mol. The van der Waals surface area contributed by atoms with Gasteiger partial charge in [-0.1, -0.05) is 49.4 Å². The molecule has 0 amide bonds. The van der Waals surface area contributed by atoms with Crippen LogP contribution in [0.2, 0.25) is 0 Å². The molecule has 0 bridgehead atoms. The molecule has 1 atom stereocenters. The summed E-state index contributed by atoms with van der Waals surface area (Å²) in [6.07, 6.45) is 1.51. The highest BCUT2D eigenvalue weighted by Gasteiger charge is 2.14. The standard InChI is InChI=1S/C17H23NO2S/c1-3-21(19,20)13-7-12-17(18-2)16-11-6-9-14-8-4-5-10-15(14)16/h4-6,8-11,17-18H,3,7,12-13H2,1-2H3. The first kappa shape index (κ1) is 16.0. The minimum atomic E-state index is -2.88. The van der Waals surface area contributed by atoms with Crippen molar-refractivity contribution in [3.05, 3.63) is 48.0 Å². The van der Waals surface area contributed by atoms with E-state index in [0.29, 0.717) is 6.42 Å². The zero-order valence-electron chi connectivity index (χ0n) is 12.7. The second-order valence-corrected chi connectivity index (χ2v) is 7.76. The average Bonchev–Trinajstić information content (AvgIpc) is 2.51. The van der Waals surface area contributed by atoms with Crippen LogP contribution in [0.1, 0.15) is 31.4 Å². The highest BCUT2D eigenvalue weighted by atomic mass is 32.2. The molecule has 3 nitrogen and oxygen atoms in total. The van der Waals surface area contributed by atoms with Crippen molar-refractivity contribution < 1.29 is 8.42 Å². The lowest BCUT2D eigenvalue weighted by Crippen LogP contribution is -2.18. The Bertz CT molecular complexity index is 690. The van der Waals surface area contributed by atoms with Gasteiger partial charge in [-0.3, -0.25) is 0 Å². The molecule has 21 heavy (non-hydrogen) atoms. The quantitative estimate of drug-likeness (QED) is 0.853. The maximum atomic E-state index is 11.6. The van der Waals surface area contributed by atoms with Crippen LogP contribution in [0.3, 0.4) is 0 Å². The van der Waals surface area contributed by atoms with Crippen LogP contribution < -0.4 is 5.32 Å². The minimum absolute atomic E-state index is 0.183. The van der Waals surface area contributed by atoms with Crippen LogP contribution in [0, 0.1) is 0 Å². The van der Waals surface area contributed by atoms with E-state index in [9.17, 15) is 8.42 Å². The third kappa shape index (κ3) is 4.05. The second kappa shape index (κ2) is 7.05. The largest absolute Gasteiger partial charge is 0.313 e. The molecule has 2 aromatic rings. The molecule has 0 aliphatic carbocycles. The van der Waals surface area contributed by atoms with Gasteiger partial charge in [-0.25, -0.2) is 8.42 Å². The molecule has 0 aliphatic heterocycles. The zero-order chi connectivity index (χ0) is 15.3. The number of fused-ring (bicyclic) bond motifs is 1. The fourth-order valence-corrected chi connectivity index (χ4v) is 3.56. The third-order valence-electron chi connectivity index (χ3n) is 3.94. The summed E-state index contributed by atoms with van der Waals surface area (Å²) in [5, 5.41) is 5.77. The molecule has 2 aromatic carbocycles. The van der Waals surface area contributed by atoms with E-state index in [2.05, 4.69) is 35.6 Å². The molecule has 0 spiro atoms. The predicted octanol–water partition coefficient (Wildman–Crippen LogP) is 3.32. The van der Waals surface area contributed by atoms with E-state index in [1.807, 2.05) is 19.2 Å². The Morgan fingerprint density at radius 3 is 2.52 bits per heavy atom. The Morgan fingerprint density at radius 1 is 1.10 bits per heavy atom. The van der Waals surface area contributed by atoms with Crippen molar-refractivity contribution in [2.75, 3.05) is 18.6 Å². The van der Waals surface area contributed by atoms with E-state index in [0.717, 1.165) is 6.42 Å². The highest BCUT2D eigenvalue weighted by Crippen LogP contribution is 2.27. The van der Waals surface area contributed by atoms with Gasteiger partial charge in [0.2, 0.25) is 0 Å². The van der Waals surface area contributed by atoms with Crippen molar-refractivity contribution in [1.82, 2.24) is 5.32 Å². The average molecular weight is 305 g/mol. The number of hydrogen-bond acceptors (Lipinski definition) is 3. The van der Waals surface area contributed by atoms with Crippen molar-refractivity contribution in [3.8, 4) is 0 Å². The number of hydrogen-bond donors (Lipinski definition) is 1. The molecule has 0 saturated carbocycles. The van der Waals surface area contributed by atoms with Gasteiger partial charge in [0.05, 0.1) is 5.75 Å². The number of benzene rings is 2. The second-order valence-electron chi connectivity index (χ2n) is 5.29. The summed E-state index contributed by atoms with van der Waals surface area (Å²) < 4.78 is 23.2. The summed E-state index contributed by atoms with van der Waals surface area (Å²) in [7, 11) is -0.945. The molecule has 0 heterocycles. The first-order valence-corrected chi connectivity index (χ1v) is 9.25. The lowest BCUT2D eigenvalue weighted by atomic mass is 9.96. The molecule has 4 heteroatoms. The molecule has 114 valence electrons. The van der Waals surface area contributed by atoms with E-state index in [4.69, 9.17) is 0 Å². The number of nitrogens with one attached hydrogen (secondary N) is 1. The zero-order valence-corrected chi connectivity index (χ0v) is 13.5. The van der Waals surface area contributed by atoms with E-state index < -0.39 is 9.84 Å². The lowest BCUT2D eigenvalue weighted by Gasteiger charge is -2.18. The molecule has 0 saturated heterocycles. The molecule has 0 radical (unpaired) electrons. The van der Waals surface area contributed by atoms with E-state index in [1.54, 1.807) is 6.92 Å². The van der Waals surface area contributed by atoms with Gasteiger partial charge in [-0.05, 0) is 36.2 Å². The van der Waals surface area contributed by atoms with E-state index in [1.165, 1.54) is 16.3 Å². The number of rotatable bonds is 7. The Kier molecular flexibility index (Phi) is 5.37. The molecular formula is C17H23NO2S. The van der Waals surface area contributed by atoms with Gasteiger partial charge in [0.25, 0.3) is 0 Å². The first-order valence-electron chi connectivity index (χ1n) is 7.42. The van der Waals surface area contributed by atoms with Gasteiger partial charge in [-0.15, -0.1) is 0 Å². The molecule has 0 aromatic heterocycles. The maximum Gasteiger partial charge on any atom is 0.150 e. The van der Waals surface area contributed by atoms with Crippen molar-refractivity contribution in [1.29, 1.82) is 0 Å². The highest BCUT2D eigenvalue weighted by molar-refractivity contribution is 7.91. The van der Waals surface area contributed by atoms with Gasteiger partial charge >= 0.3 is 0 Å². The van der Waals surface area contributed by atoms with Crippen LogP contribution in [0.5, 0.6) is 0 Å². The van der Waals surface area contributed by atoms with Crippen LogP contribution in [0.4, 0.5) is 0 Å².